The third-order valence-corrected chi connectivity index (χ3v) is 3.36. The van der Waals surface area contributed by atoms with E-state index in [-0.39, 0.29) is 0 Å². The van der Waals surface area contributed by atoms with Crippen molar-refractivity contribution in [2.75, 3.05) is 6.61 Å². The van der Waals surface area contributed by atoms with Crippen molar-refractivity contribution in [3.63, 3.8) is 0 Å². The molecule has 0 heterocycles. The molecule has 0 spiro atoms. The Labute approximate surface area is 152 Å². The van der Waals surface area contributed by atoms with Crippen molar-refractivity contribution in [1.29, 1.82) is 0 Å². The highest BCUT2D eigenvalue weighted by molar-refractivity contribution is 5.86. The lowest BCUT2D eigenvalue weighted by atomic mass is 9.87. The summed E-state index contributed by atoms with van der Waals surface area (Å²) in [6.45, 7) is 2.13. The van der Waals surface area contributed by atoms with Crippen LogP contribution >= 0.6 is 0 Å². The molecule has 0 radical (unpaired) electrons. The van der Waals surface area contributed by atoms with Crippen LogP contribution in [0.3, 0.4) is 0 Å². The summed E-state index contributed by atoms with van der Waals surface area (Å²) in [6, 6.07) is 0. The first-order chi connectivity index (χ1) is 12.5. The molecule has 0 aromatic carbocycles. The minimum atomic E-state index is -7.92. The number of carbonyl (C=O) groups is 1. The highest BCUT2D eigenvalue weighted by Crippen LogP contribution is 2.59. The van der Waals surface area contributed by atoms with Crippen LogP contribution in [0.15, 0.2) is 12.2 Å². The summed E-state index contributed by atoms with van der Waals surface area (Å²) in [7, 11) is 0. The standard InChI is InChI=1S/C13H10F14O2/c1-5(2)6(28)29-4-3-8(15,16)9(17,18)7(14)10(19,20)11(21,12(22,23)24)13(25,26)27/h7H,1,3-4H2,2H3. The second kappa shape index (κ2) is 7.81. The lowest BCUT2D eigenvalue weighted by Crippen LogP contribution is -2.71. The van der Waals surface area contributed by atoms with Gasteiger partial charge in [0.15, 0.2) is 0 Å². The smallest absolute Gasteiger partial charge is 0.437 e. The maximum atomic E-state index is 13.4. The molecule has 1 atom stereocenters. The van der Waals surface area contributed by atoms with Gasteiger partial charge in [0.1, 0.15) is 0 Å². The average Bonchev–Trinajstić information content (AvgIpc) is 2.50. The summed E-state index contributed by atoms with van der Waals surface area (Å²) < 4.78 is 184. The van der Waals surface area contributed by atoms with Crippen molar-refractivity contribution in [3.05, 3.63) is 12.2 Å². The summed E-state index contributed by atoms with van der Waals surface area (Å²) >= 11 is 0. The van der Waals surface area contributed by atoms with Gasteiger partial charge in [-0.15, -0.1) is 0 Å². The van der Waals surface area contributed by atoms with Crippen LogP contribution in [0.1, 0.15) is 13.3 Å². The Kier molecular flexibility index (Phi) is 7.34. The van der Waals surface area contributed by atoms with Gasteiger partial charge in [0.25, 0.3) is 0 Å². The van der Waals surface area contributed by atoms with Gasteiger partial charge in [0.05, 0.1) is 13.0 Å². The molecule has 0 aliphatic carbocycles. The molecule has 0 saturated carbocycles. The van der Waals surface area contributed by atoms with E-state index >= 15 is 0 Å². The van der Waals surface area contributed by atoms with E-state index in [1.807, 2.05) is 0 Å². The first kappa shape index (κ1) is 27.2. The van der Waals surface area contributed by atoms with Crippen LogP contribution in [0.25, 0.3) is 0 Å². The van der Waals surface area contributed by atoms with Crippen molar-refractivity contribution in [2.45, 2.75) is 55.3 Å². The lowest BCUT2D eigenvalue weighted by Gasteiger charge is -2.40. The van der Waals surface area contributed by atoms with E-state index < -0.39 is 66.5 Å². The first-order valence-electron chi connectivity index (χ1n) is 6.91. The number of carbonyl (C=O) groups excluding carboxylic acids is 1. The largest absolute Gasteiger partial charge is 0.462 e. The van der Waals surface area contributed by atoms with Gasteiger partial charge in [-0.3, -0.25) is 0 Å². The summed E-state index contributed by atoms with van der Waals surface area (Å²) in [6.07, 6.45) is -24.2. The van der Waals surface area contributed by atoms with E-state index in [0.29, 0.717) is 0 Å². The van der Waals surface area contributed by atoms with Crippen LogP contribution in [0.2, 0.25) is 0 Å². The molecule has 0 rings (SSSR count). The van der Waals surface area contributed by atoms with E-state index in [2.05, 4.69) is 11.3 Å². The van der Waals surface area contributed by atoms with Crippen LogP contribution in [-0.2, 0) is 9.53 Å². The van der Waals surface area contributed by atoms with Gasteiger partial charge >= 0.3 is 41.8 Å². The average molecular weight is 464 g/mol. The van der Waals surface area contributed by atoms with Gasteiger partial charge < -0.3 is 4.74 Å². The van der Waals surface area contributed by atoms with Crippen LogP contribution in [0, 0.1) is 0 Å². The van der Waals surface area contributed by atoms with Gasteiger partial charge in [0.2, 0.25) is 6.17 Å². The maximum absolute atomic E-state index is 13.4. The molecule has 16 heteroatoms. The zero-order chi connectivity index (χ0) is 23.9. The SMILES string of the molecule is C=C(C)C(=O)OCCC(F)(F)C(F)(F)C(F)C(F)(F)C(F)(C(F)(F)F)C(F)(F)F. The van der Waals surface area contributed by atoms with E-state index in [4.69, 9.17) is 0 Å². The summed E-state index contributed by atoms with van der Waals surface area (Å²) in [4.78, 5) is 10.9. The summed E-state index contributed by atoms with van der Waals surface area (Å²) in [5.41, 5.74) is -8.38. The second-order valence-electron chi connectivity index (χ2n) is 5.63. The monoisotopic (exact) mass is 464 g/mol. The fourth-order valence-corrected chi connectivity index (χ4v) is 1.69. The van der Waals surface area contributed by atoms with Crippen molar-refractivity contribution < 1.29 is 71.0 Å². The molecule has 0 fully saturated rings. The number of hydrogen-bond acceptors (Lipinski definition) is 2. The number of rotatable bonds is 8. The molecular formula is C13H10F14O2. The Morgan fingerprint density at radius 1 is 0.828 bits per heavy atom. The van der Waals surface area contributed by atoms with Crippen LogP contribution in [0.5, 0.6) is 0 Å². The molecule has 0 bridgehead atoms. The number of alkyl halides is 14. The minimum absolute atomic E-state index is 0.465. The van der Waals surface area contributed by atoms with E-state index in [1.165, 1.54) is 0 Å². The van der Waals surface area contributed by atoms with E-state index in [0.717, 1.165) is 6.92 Å². The quantitative estimate of drug-likeness (QED) is 0.267. The number of esters is 1. The van der Waals surface area contributed by atoms with Gasteiger partial charge in [0, 0.05) is 5.57 Å². The van der Waals surface area contributed by atoms with E-state index in [1.54, 1.807) is 0 Å². The Morgan fingerprint density at radius 3 is 1.52 bits per heavy atom. The zero-order valence-corrected chi connectivity index (χ0v) is 13.8. The third-order valence-electron chi connectivity index (χ3n) is 3.36. The highest BCUT2D eigenvalue weighted by Gasteiger charge is 2.89. The minimum Gasteiger partial charge on any atom is -0.462 e. The van der Waals surface area contributed by atoms with Crippen LogP contribution < -0.4 is 0 Å². The molecule has 0 aliphatic rings. The molecular weight excluding hydrogens is 454 g/mol. The highest BCUT2D eigenvalue weighted by atomic mass is 19.4. The van der Waals surface area contributed by atoms with Gasteiger partial charge in [-0.1, -0.05) is 6.58 Å². The maximum Gasteiger partial charge on any atom is 0.437 e. The van der Waals surface area contributed by atoms with Gasteiger partial charge in [-0.05, 0) is 6.92 Å². The Hall–Kier alpha value is -1.77. The van der Waals surface area contributed by atoms with Crippen LogP contribution in [0.4, 0.5) is 61.5 Å². The molecule has 2 nitrogen and oxygen atoms in total. The fourth-order valence-electron chi connectivity index (χ4n) is 1.69. The van der Waals surface area contributed by atoms with Crippen molar-refractivity contribution >= 4 is 5.97 Å². The molecule has 29 heavy (non-hydrogen) atoms. The molecule has 0 saturated heterocycles. The molecule has 172 valence electrons. The Bertz CT molecular complexity index is 604. The number of hydrogen-bond donors (Lipinski definition) is 0. The van der Waals surface area contributed by atoms with Crippen molar-refractivity contribution in [3.8, 4) is 0 Å². The second-order valence-corrected chi connectivity index (χ2v) is 5.63. The Balaban J connectivity index is 5.97. The molecule has 0 aliphatic heterocycles. The van der Waals surface area contributed by atoms with Crippen LogP contribution in [-0.4, -0.2) is 54.5 Å². The molecule has 0 N–H and O–H groups in total. The lowest BCUT2D eigenvalue weighted by molar-refractivity contribution is -0.418. The normalized spacial score (nSPS) is 15.8. The molecule has 1 unspecified atom stereocenters. The zero-order valence-electron chi connectivity index (χ0n) is 13.8. The van der Waals surface area contributed by atoms with Gasteiger partial charge in [-0.2, -0.15) is 52.7 Å². The van der Waals surface area contributed by atoms with E-state index in [9.17, 15) is 66.3 Å². The Morgan fingerprint density at radius 2 is 1.21 bits per heavy atom. The summed E-state index contributed by atoms with van der Waals surface area (Å²) in [5, 5.41) is 0. The van der Waals surface area contributed by atoms with Crippen molar-refractivity contribution in [1.82, 2.24) is 0 Å². The number of halogens is 14. The molecule has 0 aromatic heterocycles. The topological polar surface area (TPSA) is 26.3 Å². The third kappa shape index (κ3) is 4.70. The fraction of sp³-hybridized carbons (Fsp3) is 0.769. The summed E-state index contributed by atoms with van der Waals surface area (Å²) in [5.74, 6) is -22.2. The molecule has 0 aromatic rings. The van der Waals surface area contributed by atoms with Crippen molar-refractivity contribution in [2.24, 2.45) is 0 Å². The predicted octanol–water partition coefficient (Wildman–Crippen LogP) is 5.57. The van der Waals surface area contributed by atoms with Gasteiger partial charge in [-0.25, -0.2) is 13.6 Å². The first-order valence-corrected chi connectivity index (χ1v) is 6.91. The number of ether oxygens (including phenoxy) is 1. The molecule has 0 amide bonds. The predicted molar refractivity (Wildman–Crippen MR) is 66.1 cm³/mol.